The number of anilines is 1. The molecule has 2 rings (SSSR count). The van der Waals surface area contributed by atoms with Gasteiger partial charge in [0, 0.05) is 31.9 Å². The molecule has 1 heterocycles. The molecule has 0 amide bonds. The highest BCUT2D eigenvalue weighted by Crippen LogP contribution is 2.28. The molecule has 0 unspecified atom stereocenters. The monoisotopic (exact) mass is 302 g/mol. The van der Waals surface area contributed by atoms with E-state index >= 15 is 0 Å². The maximum absolute atomic E-state index is 12.0. The Morgan fingerprint density at radius 2 is 2.10 bits per heavy atom. The van der Waals surface area contributed by atoms with E-state index in [0.29, 0.717) is 19.5 Å². The number of rotatable bonds is 6. The van der Waals surface area contributed by atoms with Gasteiger partial charge in [0.05, 0.1) is 0 Å². The third-order valence-corrected chi connectivity index (χ3v) is 3.58. The van der Waals surface area contributed by atoms with Crippen LogP contribution in [0, 0.1) is 0 Å². The van der Waals surface area contributed by atoms with Gasteiger partial charge in [-0.3, -0.25) is 0 Å². The molecule has 0 bridgehead atoms. The summed E-state index contributed by atoms with van der Waals surface area (Å²) >= 11 is 0. The van der Waals surface area contributed by atoms with Crippen molar-refractivity contribution in [1.82, 2.24) is 0 Å². The van der Waals surface area contributed by atoms with Crippen LogP contribution in [-0.2, 0) is 17.7 Å². The second-order valence-electron chi connectivity index (χ2n) is 5.28. The van der Waals surface area contributed by atoms with Gasteiger partial charge in [-0.25, -0.2) is 0 Å². The smallest absolute Gasteiger partial charge is 0.372 e. The van der Waals surface area contributed by atoms with Crippen molar-refractivity contribution in [1.29, 1.82) is 0 Å². The number of halogens is 3. The van der Waals surface area contributed by atoms with Crippen LogP contribution in [0.15, 0.2) is 18.2 Å². The zero-order valence-corrected chi connectivity index (χ0v) is 12.0. The van der Waals surface area contributed by atoms with E-state index in [1.807, 2.05) is 6.07 Å². The van der Waals surface area contributed by atoms with Gasteiger partial charge in [0.25, 0.3) is 0 Å². The zero-order valence-electron chi connectivity index (χ0n) is 12.0. The van der Waals surface area contributed by atoms with Gasteiger partial charge in [-0.2, -0.15) is 13.2 Å². The Balaban J connectivity index is 1.83. The summed E-state index contributed by atoms with van der Waals surface area (Å²) in [4.78, 5) is 2.22. The number of nitrogens with zero attached hydrogens (tertiary/aromatic N) is 1. The average Bonchev–Trinajstić information content (AvgIpc) is 2.45. The molecular weight excluding hydrogens is 281 g/mol. The quantitative estimate of drug-likeness (QED) is 0.821. The first-order chi connectivity index (χ1) is 9.99. The van der Waals surface area contributed by atoms with Crippen LogP contribution in [0.5, 0.6) is 0 Å². The molecule has 0 saturated carbocycles. The van der Waals surface area contributed by atoms with E-state index in [1.54, 1.807) is 0 Å². The number of benzene rings is 1. The molecule has 1 aromatic carbocycles. The predicted octanol–water partition coefficient (Wildman–Crippen LogP) is 2.87. The van der Waals surface area contributed by atoms with Gasteiger partial charge in [-0.15, -0.1) is 0 Å². The van der Waals surface area contributed by atoms with E-state index in [-0.39, 0.29) is 6.61 Å². The minimum Gasteiger partial charge on any atom is -0.372 e. The summed E-state index contributed by atoms with van der Waals surface area (Å²) in [7, 11) is 0. The first kappa shape index (κ1) is 16.1. The van der Waals surface area contributed by atoms with E-state index in [1.165, 1.54) is 11.3 Å². The molecule has 0 spiro atoms. The molecule has 21 heavy (non-hydrogen) atoms. The Hall–Kier alpha value is -1.27. The maximum atomic E-state index is 12.0. The second-order valence-corrected chi connectivity index (χ2v) is 5.28. The van der Waals surface area contributed by atoms with Crippen LogP contribution in [0.25, 0.3) is 0 Å². The van der Waals surface area contributed by atoms with Crippen LogP contribution in [0.4, 0.5) is 18.9 Å². The molecule has 0 atom stereocenters. The van der Waals surface area contributed by atoms with E-state index in [0.717, 1.165) is 24.9 Å². The van der Waals surface area contributed by atoms with Crippen LogP contribution in [0.2, 0.25) is 0 Å². The van der Waals surface area contributed by atoms with Crippen LogP contribution < -0.4 is 10.6 Å². The molecule has 0 aliphatic carbocycles. The highest BCUT2D eigenvalue weighted by atomic mass is 19.4. The summed E-state index contributed by atoms with van der Waals surface area (Å²) < 4.78 is 40.5. The summed E-state index contributed by atoms with van der Waals surface area (Å²) in [6, 6.07) is 6.20. The molecule has 1 aromatic rings. The lowest BCUT2D eigenvalue weighted by Gasteiger charge is -2.31. The Bertz CT molecular complexity index is 463. The van der Waals surface area contributed by atoms with Crippen molar-refractivity contribution in [2.45, 2.75) is 32.0 Å². The fraction of sp³-hybridized carbons (Fsp3) is 0.600. The van der Waals surface area contributed by atoms with Gasteiger partial charge >= 0.3 is 6.18 Å². The number of aryl methyl sites for hydroxylation is 1. The summed E-state index contributed by atoms with van der Waals surface area (Å²) in [5.74, 6) is 0. The highest BCUT2D eigenvalue weighted by Gasteiger charge is 2.27. The molecule has 1 aliphatic heterocycles. The molecule has 2 N–H and O–H groups in total. The van der Waals surface area contributed by atoms with E-state index in [4.69, 9.17) is 5.73 Å². The molecule has 0 aromatic heterocycles. The topological polar surface area (TPSA) is 38.5 Å². The number of hydrogen-bond acceptors (Lipinski definition) is 3. The Labute approximate surface area is 122 Å². The van der Waals surface area contributed by atoms with Crippen LogP contribution in [0.3, 0.4) is 0 Å². The molecular formula is C15H21F3N2O. The Morgan fingerprint density at radius 1 is 1.29 bits per heavy atom. The molecule has 0 fully saturated rings. The largest absolute Gasteiger partial charge is 0.411 e. The van der Waals surface area contributed by atoms with Gasteiger partial charge in [-0.05, 0) is 36.5 Å². The molecule has 6 heteroatoms. The minimum atomic E-state index is -4.24. The normalized spacial score (nSPS) is 15.1. The SMILES string of the molecule is NCc1ccc2c(c1)CCCN2CCCOCC(F)(F)F. The molecule has 0 saturated heterocycles. The zero-order chi connectivity index (χ0) is 15.3. The first-order valence-electron chi connectivity index (χ1n) is 7.21. The summed E-state index contributed by atoms with van der Waals surface area (Å²) in [6.07, 6.45) is -1.56. The van der Waals surface area contributed by atoms with Crippen LogP contribution in [-0.4, -0.2) is 32.5 Å². The van der Waals surface area contributed by atoms with Crippen molar-refractivity contribution < 1.29 is 17.9 Å². The number of nitrogens with two attached hydrogens (primary N) is 1. The lowest BCUT2D eigenvalue weighted by molar-refractivity contribution is -0.173. The van der Waals surface area contributed by atoms with Crippen LogP contribution >= 0.6 is 0 Å². The van der Waals surface area contributed by atoms with Gasteiger partial charge in [0.2, 0.25) is 0 Å². The van der Waals surface area contributed by atoms with Crippen molar-refractivity contribution in [2.24, 2.45) is 5.73 Å². The molecule has 1 aliphatic rings. The molecule has 3 nitrogen and oxygen atoms in total. The molecule has 0 radical (unpaired) electrons. The second kappa shape index (κ2) is 7.13. The third kappa shape index (κ3) is 4.89. The number of alkyl halides is 3. The fourth-order valence-corrected chi connectivity index (χ4v) is 2.63. The maximum Gasteiger partial charge on any atom is 0.411 e. The lowest BCUT2D eigenvalue weighted by atomic mass is 9.99. The van der Waals surface area contributed by atoms with Gasteiger partial charge < -0.3 is 15.4 Å². The first-order valence-corrected chi connectivity index (χ1v) is 7.21. The molecule has 118 valence electrons. The highest BCUT2D eigenvalue weighted by molar-refractivity contribution is 5.56. The number of fused-ring (bicyclic) bond motifs is 1. The standard InChI is InChI=1S/C15H21F3N2O/c16-15(17,18)11-21-8-2-7-20-6-1-3-13-9-12(10-19)4-5-14(13)20/h4-5,9H,1-3,6-8,10-11,19H2. The average molecular weight is 302 g/mol. The van der Waals surface area contributed by atoms with Crippen molar-refractivity contribution in [3.63, 3.8) is 0 Å². The van der Waals surface area contributed by atoms with Crippen LogP contribution in [0.1, 0.15) is 24.0 Å². The van der Waals surface area contributed by atoms with Gasteiger partial charge in [-0.1, -0.05) is 12.1 Å². The minimum absolute atomic E-state index is 0.131. The lowest BCUT2D eigenvalue weighted by Crippen LogP contribution is -2.31. The summed E-state index contributed by atoms with van der Waals surface area (Å²) in [5, 5.41) is 0. The Morgan fingerprint density at radius 3 is 2.81 bits per heavy atom. The van der Waals surface area contributed by atoms with Gasteiger partial charge in [0.1, 0.15) is 6.61 Å². The van der Waals surface area contributed by atoms with E-state index in [9.17, 15) is 13.2 Å². The van der Waals surface area contributed by atoms with E-state index < -0.39 is 12.8 Å². The van der Waals surface area contributed by atoms with Crippen molar-refractivity contribution in [2.75, 3.05) is 31.2 Å². The van der Waals surface area contributed by atoms with Crippen molar-refractivity contribution in [3.8, 4) is 0 Å². The predicted molar refractivity (Wildman–Crippen MR) is 76.4 cm³/mol. The Kier molecular flexibility index (Phi) is 5.47. The summed E-state index contributed by atoms with van der Waals surface area (Å²) in [5.41, 5.74) is 9.21. The van der Waals surface area contributed by atoms with E-state index in [2.05, 4.69) is 21.8 Å². The van der Waals surface area contributed by atoms with Crippen molar-refractivity contribution in [3.05, 3.63) is 29.3 Å². The van der Waals surface area contributed by atoms with Crippen molar-refractivity contribution >= 4 is 5.69 Å². The van der Waals surface area contributed by atoms with Gasteiger partial charge in [0.15, 0.2) is 0 Å². The number of ether oxygens (including phenoxy) is 1. The fourth-order valence-electron chi connectivity index (χ4n) is 2.63. The third-order valence-electron chi connectivity index (χ3n) is 3.58. The number of hydrogen-bond donors (Lipinski definition) is 1. The summed E-state index contributed by atoms with van der Waals surface area (Å²) in [6.45, 7) is 1.15.